The average Bonchev–Trinajstić information content (AvgIpc) is 2.35. The largest absolute Gasteiger partial charge is 0.379 e. The lowest BCUT2D eigenvalue weighted by Crippen LogP contribution is -2.50. The van der Waals surface area contributed by atoms with Gasteiger partial charge in [0.15, 0.2) is 0 Å². The molecule has 0 saturated carbocycles. The number of carbonyl (C=O) groups is 1. The number of nitrogens with one attached hydrogen (secondary N) is 2. The lowest BCUT2D eigenvalue weighted by atomic mass is 10.1. The van der Waals surface area contributed by atoms with E-state index in [1.165, 1.54) is 6.07 Å². The number of urea groups is 1. The van der Waals surface area contributed by atoms with Gasteiger partial charge in [-0.05, 0) is 26.8 Å². The van der Waals surface area contributed by atoms with Crippen LogP contribution in [0.5, 0.6) is 0 Å². The first-order chi connectivity index (χ1) is 8.94. The topological polar surface area (TPSA) is 50.4 Å². The Morgan fingerprint density at radius 3 is 2.68 bits per heavy atom. The standard InChI is InChI=1S/C14H21FN2O2/c1-4-19-10-14(2,3)17-13(18)16-9-11-7-5-6-8-12(11)15/h5-8H,4,9-10H2,1-3H3,(H2,16,17,18). The van der Waals surface area contributed by atoms with Crippen LogP contribution in [0.2, 0.25) is 0 Å². The lowest BCUT2D eigenvalue weighted by molar-refractivity contribution is 0.0952. The predicted octanol–water partition coefficient (Wildman–Crippen LogP) is 2.44. The fourth-order valence-electron chi connectivity index (χ4n) is 1.56. The van der Waals surface area contributed by atoms with E-state index >= 15 is 0 Å². The van der Waals surface area contributed by atoms with Gasteiger partial charge in [-0.3, -0.25) is 0 Å². The van der Waals surface area contributed by atoms with Crippen LogP contribution in [-0.2, 0) is 11.3 Å². The van der Waals surface area contributed by atoms with Crippen molar-refractivity contribution in [3.63, 3.8) is 0 Å². The quantitative estimate of drug-likeness (QED) is 0.832. The Labute approximate surface area is 113 Å². The van der Waals surface area contributed by atoms with E-state index in [-0.39, 0.29) is 18.4 Å². The van der Waals surface area contributed by atoms with Crippen molar-refractivity contribution in [2.45, 2.75) is 32.9 Å². The molecule has 0 radical (unpaired) electrons. The molecule has 106 valence electrons. The summed E-state index contributed by atoms with van der Waals surface area (Å²) in [5.41, 5.74) is -0.00439. The second-order valence-electron chi connectivity index (χ2n) is 4.92. The fraction of sp³-hybridized carbons (Fsp3) is 0.500. The van der Waals surface area contributed by atoms with Crippen molar-refractivity contribution < 1.29 is 13.9 Å². The van der Waals surface area contributed by atoms with Crippen LogP contribution in [0.4, 0.5) is 9.18 Å². The number of rotatable bonds is 6. The van der Waals surface area contributed by atoms with Gasteiger partial charge < -0.3 is 15.4 Å². The molecular formula is C14H21FN2O2. The van der Waals surface area contributed by atoms with Crippen molar-refractivity contribution in [2.75, 3.05) is 13.2 Å². The van der Waals surface area contributed by atoms with Gasteiger partial charge in [-0.15, -0.1) is 0 Å². The van der Waals surface area contributed by atoms with Crippen LogP contribution in [0.3, 0.4) is 0 Å². The van der Waals surface area contributed by atoms with Crippen LogP contribution in [0.25, 0.3) is 0 Å². The summed E-state index contributed by atoms with van der Waals surface area (Å²) >= 11 is 0. The van der Waals surface area contributed by atoms with Crippen LogP contribution in [0, 0.1) is 5.82 Å². The molecule has 0 fully saturated rings. The first kappa shape index (κ1) is 15.4. The Hall–Kier alpha value is -1.62. The molecule has 0 aliphatic rings. The van der Waals surface area contributed by atoms with Gasteiger partial charge in [0.05, 0.1) is 12.1 Å². The molecule has 19 heavy (non-hydrogen) atoms. The smallest absolute Gasteiger partial charge is 0.315 e. The third kappa shape index (κ3) is 5.70. The van der Waals surface area contributed by atoms with Crippen molar-refractivity contribution in [1.82, 2.24) is 10.6 Å². The van der Waals surface area contributed by atoms with Crippen molar-refractivity contribution in [3.8, 4) is 0 Å². The normalized spacial score (nSPS) is 11.2. The highest BCUT2D eigenvalue weighted by Gasteiger charge is 2.20. The van der Waals surface area contributed by atoms with Crippen LogP contribution in [-0.4, -0.2) is 24.8 Å². The van der Waals surface area contributed by atoms with Crippen LogP contribution < -0.4 is 10.6 Å². The summed E-state index contributed by atoms with van der Waals surface area (Å²) in [7, 11) is 0. The average molecular weight is 268 g/mol. The molecule has 0 spiro atoms. The minimum absolute atomic E-state index is 0.156. The minimum Gasteiger partial charge on any atom is -0.379 e. The molecule has 0 aliphatic carbocycles. The molecule has 0 aromatic heterocycles. The highest BCUT2D eigenvalue weighted by Crippen LogP contribution is 2.06. The zero-order valence-electron chi connectivity index (χ0n) is 11.6. The van der Waals surface area contributed by atoms with Crippen LogP contribution >= 0.6 is 0 Å². The molecule has 1 aromatic carbocycles. The van der Waals surface area contributed by atoms with Gasteiger partial charge in [0.1, 0.15) is 5.82 Å². The maximum atomic E-state index is 13.4. The third-order valence-electron chi connectivity index (χ3n) is 2.52. The zero-order chi connectivity index (χ0) is 14.3. The molecule has 0 aliphatic heterocycles. The third-order valence-corrected chi connectivity index (χ3v) is 2.52. The summed E-state index contributed by atoms with van der Waals surface area (Å²) < 4.78 is 18.6. The second-order valence-corrected chi connectivity index (χ2v) is 4.92. The van der Waals surface area contributed by atoms with E-state index in [0.29, 0.717) is 18.8 Å². The number of amides is 2. The van der Waals surface area contributed by atoms with Gasteiger partial charge >= 0.3 is 6.03 Å². The van der Waals surface area contributed by atoms with E-state index in [1.807, 2.05) is 20.8 Å². The first-order valence-corrected chi connectivity index (χ1v) is 6.32. The van der Waals surface area contributed by atoms with Gasteiger partial charge in [0, 0.05) is 18.7 Å². The Kier molecular flexibility index (Phi) is 5.76. The van der Waals surface area contributed by atoms with Gasteiger partial charge in [-0.1, -0.05) is 18.2 Å². The van der Waals surface area contributed by atoms with Crippen LogP contribution in [0.1, 0.15) is 26.3 Å². The zero-order valence-corrected chi connectivity index (χ0v) is 11.6. The summed E-state index contributed by atoms with van der Waals surface area (Å²) in [5.74, 6) is -0.323. The molecule has 2 amide bonds. The molecule has 0 unspecified atom stereocenters. The molecule has 0 saturated heterocycles. The number of hydrogen-bond acceptors (Lipinski definition) is 2. The maximum Gasteiger partial charge on any atom is 0.315 e. The Morgan fingerprint density at radius 2 is 2.05 bits per heavy atom. The monoisotopic (exact) mass is 268 g/mol. The van der Waals surface area contributed by atoms with Crippen LogP contribution in [0.15, 0.2) is 24.3 Å². The summed E-state index contributed by atoms with van der Waals surface area (Å²) in [4.78, 5) is 11.7. The van der Waals surface area contributed by atoms with Gasteiger partial charge in [-0.2, -0.15) is 0 Å². The van der Waals surface area contributed by atoms with E-state index in [4.69, 9.17) is 4.74 Å². The SMILES string of the molecule is CCOCC(C)(C)NC(=O)NCc1ccccc1F. The number of carbonyl (C=O) groups excluding carboxylic acids is 1. The summed E-state index contributed by atoms with van der Waals surface area (Å²) in [6.07, 6.45) is 0. The Bertz CT molecular complexity index is 422. The highest BCUT2D eigenvalue weighted by atomic mass is 19.1. The molecule has 1 rings (SSSR count). The van der Waals surface area contributed by atoms with Crippen molar-refractivity contribution in [3.05, 3.63) is 35.6 Å². The maximum absolute atomic E-state index is 13.4. The molecule has 5 heteroatoms. The molecular weight excluding hydrogens is 247 g/mol. The second kappa shape index (κ2) is 7.09. The summed E-state index contributed by atoms with van der Waals surface area (Å²) in [6.45, 7) is 6.81. The number of benzene rings is 1. The minimum atomic E-state index is -0.463. The Balaban J connectivity index is 2.42. The highest BCUT2D eigenvalue weighted by molar-refractivity contribution is 5.74. The number of ether oxygens (including phenoxy) is 1. The summed E-state index contributed by atoms with van der Waals surface area (Å²) in [5, 5.41) is 5.41. The number of hydrogen-bond donors (Lipinski definition) is 2. The van der Waals surface area contributed by atoms with E-state index in [0.717, 1.165) is 0 Å². The predicted molar refractivity (Wildman–Crippen MR) is 72.3 cm³/mol. The van der Waals surface area contributed by atoms with Crippen molar-refractivity contribution >= 4 is 6.03 Å². The summed E-state index contributed by atoms with van der Waals surface area (Å²) in [6, 6.07) is 6.02. The molecule has 2 N–H and O–H groups in total. The molecule has 4 nitrogen and oxygen atoms in total. The number of halogens is 1. The van der Waals surface area contributed by atoms with Crippen molar-refractivity contribution in [1.29, 1.82) is 0 Å². The first-order valence-electron chi connectivity index (χ1n) is 6.32. The van der Waals surface area contributed by atoms with Gasteiger partial charge in [0.2, 0.25) is 0 Å². The van der Waals surface area contributed by atoms with Gasteiger partial charge in [0.25, 0.3) is 0 Å². The van der Waals surface area contributed by atoms with E-state index < -0.39 is 5.54 Å². The van der Waals surface area contributed by atoms with E-state index in [9.17, 15) is 9.18 Å². The lowest BCUT2D eigenvalue weighted by Gasteiger charge is -2.26. The molecule has 1 aromatic rings. The fourth-order valence-corrected chi connectivity index (χ4v) is 1.56. The Morgan fingerprint density at radius 1 is 1.37 bits per heavy atom. The van der Waals surface area contributed by atoms with E-state index in [1.54, 1.807) is 18.2 Å². The molecule has 0 heterocycles. The molecule has 0 bridgehead atoms. The van der Waals surface area contributed by atoms with Gasteiger partial charge in [-0.25, -0.2) is 9.18 Å². The van der Waals surface area contributed by atoms with E-state index in [2.05, 4.69) is 10.6 Å². The van der Waals surface area contributed by atoms with Crippen molar-refractivity contribution in [2.24, 2.45) is 0 Å². The molecule has 0 atom stereocenters.